The lowest BCUT2D eigenvalue weighted by molar-refractivity contribution is -0.147. The molecule has 21 heavy (non-hydrogen) atoms. The molecule has 1 aromatic rings. The van der Waals surface area contributed by atoms with E-state index < -0.39 is 11.4 Å². The monoisotopic (exact) mass is 286 g/mol. The average Bonchev–Trinajstić information content (AvgIpc) is 2.48. The maximum Gasteiger partial charge on any atom is 0.313 e. The van der Waals surface area contributed by atoms with E-state index in [-0.39, 0.29) is 5.78 Å². The first-order valence-corrected chi connectivity index (χ1v) is 7.59. The van der Waals surface area contributed by atoms with E-state index in [0.29, 0.717) is 19.3 Å². The molecule has 3 heteroatoms. The van der Waals surface area contributed by atoms with Gasteiger partial charge in [-0.3, -0.25) is 9.59 Å². The van der Waals surface area contributed by atoms with Crippen LogP contribution in [0.1, 0.15) is 43.7 Å². The van der Waals surface area contributed by atoms with Gasteiger partial charge in [0.15, 0.2) is 5.78 Å². The summed E-state index contributed by atoms with van der Waals surface area (Å²) in [5.41, 5.74) is 1.59. The van der Waals surface area contributed by atoms with Crippen LogP contribution in [0.5, 0.6) is 0 Å². The Morgan fingerprint density at radius 1 is 1.19 bits per heavy atom. The van der Waals surface area contributed by atoms with Crippen molar-refractivity contribution in [2.45, 2.75) is 45.4 Å². The van der Waals surface area contributed by atoms with E-state index in [2.05, 4.69) is 31.2 Å². The Morgan fingerprint density at radius 3 is 2.29 bits per heavy atom. The first-order chi connectivity index (χ1) is 10.1. The van der Waals surface area contributed by atoms with Crippen molar-refractivity contribution < 1.29 is 14.7 Å². The summed E-state index contributed by atoms with van der Waals surface area (Å²) >= 11 is 0. The van der Waals surface area contributed by atoms with Gasteiger partial charge in [0, 0.05) is 6.42 Å². The van der Waals surface area contributed by atoms with Crippen LogP contribution in [0, 0.1) is 5.41 Å². The molecule has 0 bridgehead atoms. The second-order valence-corrected chi connectivity index (χ2v) is 5.83. The van der Waals surface area contributed by atoms with Crippen LogP contribution in [-0.4, -0.2) is 16.9 Å². The lowest BCUT2D eigenvalue weighted by Crippen LogP contribution is -2.32. The van der Waals surface area contributed by atoms with E-state index >= 15 is 0 Å². The molecule has 1 atom stereocenters. The van der Waals surface area contributed by atoms with Crippen LogP contribution in [0.3, 0.4) is 0 Å². The molecule has 1 unspecified atom stereocenters. The number of benzene rings is 1. The van der Waals surface area contributed by atoms with Crippen LogP contribution >= 0.6 is 0 Å². The number of carbonyl (C=O) groups is 2. The molecule has 0 saturated heterocycles. The second-order valence-electron chi connectivity index (χ2n) is 5.83. The molecule has 1 aromatic carbocycles. The zero-order chi connectivity index (χ0) is 15.3. The van der Waals surface area contributed by atoms with Crippen molar-refractivity contribution in [3.63, 3.8) is 0 Å². The number of aryl methyl sites for hydroxylation is 2. The number of allylic oxidation sites excluding steroid dienone is 1. The van der Waals surface area contributed by atoms with Gasteiger partial charge >= 0.3 is 5.97 Å². The van der Waals surface area contributed by atoms with Gasteiger partial charge in [-0.2, -0.15) is 0 Å². The fraction of sp³-hybridized carbons (Fsp3) is 0.444. The van der Waals surface area contributed by atoms with E-state index in [1.165, 1.54) is 11.6 Å². The van der Waals surface area contributed by atoms with Crippen LogP contribution < -0.4 is 0 Å². The molecule has 0 aliphatic heterocycles. The standard InChI is InChI=1S/C18H22O3/c1-2-3-14-4-6-15(7-5-14)8-11-18(17(20)21)12-9-16(19)10-13-18/h4-7,9,12H,2-3,8,10-11,13H2,1H3,(H,20,21). The van der Waals surface area contributed by atoms with Crippen molar-refractivity contribution in [1.82, 2.24) is 0 Å². The molecule has 0 amide bonds. The molecule has 3 nitrogen and oxygen atoms in total. The molecule has 0 spiro atoms. The topological polar surface area (TPSA) is 54.4 Å². The Kier molecular flexibility index (Phi) is 4.94. The zero-order valence-corrected chi connectivity index (χ0v) is 12.5. The SMILES string of the molecule is CCCc1ccc(CCC2(C(=O)O)C=CC(=O)CC2)cc1. The van der Waals surface area contributed by atoms with Crippen LogP contribution in [0.4, 0.5) is 0 Å². The van der Waals surface area contributed by atoms with E-state index in [9.17, 15) is 14.7 Å². The van der Waals surface area contributed by atoms with E-state index in [1.54, 1.807) is 6.08 Å². The van der Waals surface area contributed by atoms with Crippen LogP contribution in [-0.2, 0) is 22.4 Å². The number of aliphatic carboxylic acids is 1. The number of ketones is 1. The molecule has 1 aliphatic rings. The van der Waals surface area contributed by atoms with Gasteiger partial charge in [0.2, 0.25) is 0 Å². The Hall–Kier alpha value is -1.90. The van der Waals surface area contributed by atoms with Crippen molar-refractivity contribution >= 4 is 11.8 Å². The highest BCUT2D eigenvalue weighted by molar-refractivity contribution is 5.93. The Balaban J connectivity index is 2.04. The molecule has 0 saturated carbocycles. The van der Waals surface area contributed by atoms with E-state index in [0.717, 1.165) is 24.8 Å². The van der Waals surface area contributed by atoms with Crippen LogP contribution in [0.25, 0.3) is 0 Å². The summed E-state index contributed by atoms with van der Waals surface area (Å²) < 4.78 is 0. The molecule has 1 aliphatic carbocycles. The smallest absolute Gasteiger partial charge is 0.313 e. The molecule has 112 valence electrons. The van der Waals surface area contributed by atoms with Gasteiger partial charge in [0.25, 0.3) is 0 Å². The van der Waals surface area contributed by atoms with Gasteiger partial charge in [-0.1, -0.05) is 43.7 Å². The van der Waals surface area contributed by atoms with Crippen molar-refractivity contribution in [3.8, 4) is 0 Å². The fourth-order valence-electron chi connectivity index (χ4n) is 2.79. The quantitative estimate of drug-likeness (QED) is 0.870. The van der Waals surface area contributed by atoms with E-state index in [1.807, 2.05) is 0 Å². The molecule has 0 aromatic heterocycles. The first kappa shape index (κ1) is 15.5. The predicted octanol–water partition coefficient (Wildman–Crippen LogP) is 3.56. The number of hydrogen-bond donors (Lipinski definition) is 1. The summed E-state index contributed by atoms with van der Waals surface area (Å²) in [6, 6.07) is 8.40. The summed E-state index contributed by atoms with van der Waals surface area (Å²) in [7, 11) is 0. The third-order valence-corrected chi connectivity index (χ3v) is 4.25. The number of hydrogen-bond acceptors (Lipinski definition) is 2. The van der Waals surface area contributed by atoms with E-state index in [4.69, 9.17) is 0 Å². The molecular formula is C18H22O3. The van der Waals surface area contributed by atoms with Crippen molar-refractivity contribution in [3.05, 3.63) is 47.5 Å². The van der Waals surface area contributed by atoms with Gasteiger partial charge < -0.3 is 5.11 Å². The molecular weight excluding hydrogens is 264 g/mol. The minimum Gasteiger partial charge on any atom is -0.481 e. The summed E-state index contributed by atoms with van der Waals surface area (Å²) in [6.07, 6.45) is 7.22. The molecule has 1 N–H and O–H groups in total. The average molecular weight is 286 g/mol. The Bertz CT molecular complexity index is 542. The van der Waals surface area contributed by atoms with Crippen LogP contribution in [0.2, 0.25) is 0 Å². The van der Waals surface area contributed by atoms with Crippen molar-refractivity contribution in [2.24, 2.45) is 5.41 Å². The van der Waals surface area contributed by atoms with Gasteiger partial charge in [0.1, 0.15) is 0 Å². The lowest BCUT2D eigenvalue weighted by atomic mass is 9.74. The summed E-state index contributed by atoms with van der Waals surface area (Å²) in [6.45, 7) is 2.15. The number of rotatable bonds is 6. The third-order valence-electron chi connectivity index (χ3n) is 4.25. The largest absolute Gasteiger partial charge is 0.481 e. The highest BCUT2D eigenvalue weighted by atomic mass is 16.4. The molecule has 0 heterocycles. The zero-order valence-electron chi connectivity index (χ0n) is 12.5. The Morgan fingerprint density at radius 2 is 1.81 bits per heavy atom. The van der Waals surface area contributed by atoms with Gasteiger partial charge in [-0.25, -0.2) is 0 Å². The maximum absolute atomic E-state index is 11.6. The fourth-order valence-corrected chi connectivity index (χ4v) is 2.79. The maximum atomic E-state index is 11.6. The second kappa shape index (κ2) is 6.70. The minimum atomic E-state index is -0.879. The van der Waals surface area contributed by atoms with Crippen molar-refractivity contribution in [1.29, 1.82) is 0 Å². The molecule has 2 rings (SSSR count). The number of carboxylic acid groups (broad SMARTS) is 1. The van der Waals surface area contributed by atoms with Gasteiger partial charge in [-0.15, -0.1) is 0 Å². The normalized spacial score (nSPS) is 21.5. The van der Waals surface area contributed by atoms with Gasteiger partial charge in [0.05, 0.1) is 5.41 Å². The first-order valence-electron chi connectivity index (χ1n) is 7.59. The predicted molar refractivity (Wildman–Crippen MR) is 82.2 cm³/mol. The van der Waals surface area contributed by atoms with Crippen molar-refractivity contribution in [2.75, 3.05) is 0 Å². The van der Waals surface area contributed by atoms with Crippen LogP contribution in [0.15, 0.2) is 36.4 Å². The third kappa shape index (κ3) is 3.81. The highest BCUT2D eigenvalue weighted by Crippen LogP contribution is 2.35. The minimum absolute atomic E-state index is 0.0239. The molecule has 0 fully saturated rings. The highest BCUT2D eigenvalue weighted by Gasteiger charge is 2.37. The Labute approximate surface area is 125 Å². The summed E-state index contributed by atoms with van der Waals surface area (Å²) in [5, 5.41) is 9.50. The van der Waals surface area contributed by atoms with Gasteiger partial charge in [-0.05, 0) is 42.9 Å². The summed E-state index contributed by atoms with van der Waals surface area (Å²) in [5.74, 6) is -0.801. The molecule has 0 radical (unpaired) electrons. The number of carbonyl (C=O) groups excluding carboxylic acids is 1. The lowest BCUT2D eigenvalue weighted by Gasteiger charge is -2.28. The summed E-state index contributed by atoms with van der Waals surface area (Å²) in [4.78, 5) is 22.8. The number of carboxylic acids is 1.